The van der Waals surface area contributed by atoms with E-state index in [0.717, 1.165) is 29.6 Å². The van der Waals surface area contributed by atoms with E-state index in [-0.39, 0.29) is 5.91 Å². The van der Waals surface area contributed by atoms with Crippen LogP contribution >= 0.6 is 0 Å². The molecule has 2 unspecified atom stereocenters. The smallest absolute Gasteiger partial charge is 0.254 e. The summed E-state index contributed by atoms with van der Waals surface area (Å²) >= 11 is 0. The predicted octanol–water partition coefficient (Wildman–Crippen LogP) is 4.19. The monoisotopic (exact) mass is 355 g/mol. The Morgan fingerprint density at radius 1 is 0.926 bits per heavy atom. The van der Waals surface area contributed by atoms with Crippen LogP contribution in [0, 0.1) is 0 Å². The van der Waals surface area contributed by atoms with Gasteiger partial charge in [0.05, 0.1) is 22.4 Å². The fourth-order valence-corrected chi connectivity index (χ4v) is 5.15. The summed E-state index contributed by atoms with van der Waals surface area (Å²) in [4.78, 5) is 24.9. The number of carbonyl (C=O) groups is 1. The van der Waals surface area contributed by atoms with Gasteiger partial charge in [0.1, 0.15) is 0 Å². The van der Waals surface area contributed by atoms with E-state index in [9.17, 15) is 4.79 Å². The number of nitrogens with zero attached hydrogens (tertiary/aromatic N) is 3. The van der Waals surface area contributed by atoms with Crippen molar-refractivity contribution in [3.05, 3.63) is 70.5 Å². The Kier molecular flexibility index (Phi) is 3.19. The molecule has 2 aliphatic carbocycles. The molecule has 1 aromatic heterocycles. The van der Waals surface area contributed by atoms with Crippen LogP contribution in [-0.4, -0.2) is 27.3 Å². The number of rotatable bonds is 1. The molecule has 0 spiro atoms. The van der Waals surface area contributed by atoms with Crippen molar-refractivity contribution in [2.45, 2.75) is 44.1 Å². The summed E-state index contributed by atoms with van der Waals surface area (Å²) in [6.07, 6.45) is 4.63. The lowest BCUT2D eigenvalue weighted by molar-refractivity contribution is 0.0735. The lowest BCUT2D eigenvalue weighted by atomic mass is 9.99. The summed E-state index contributed by atoms with van der Waals surface area (Å²) in [5.41, 5.74) is 7.52. The topological polar surface area (TPSA) is 46.1 Å². The molecule has 4 nitrogen and oxygen atoms in total. The van der Waals surface area contributed by atoms with Crippen LogP contribution in [0.25, 0.3) is 11.0 Å². The summed E-state index contributed by atoms with van der Waals surface area (Å²) < 4.78 is 0. The summed E-state index contributed by atoms with van der Waals surface area (Å²) in [6.45, 7) is 1.46. The maximum absolute atomic E-state index is 13.1. The minimum Gasteiger partial charge on any atom is -0.334 e. The van der Waals surface area contributed by atoms with Crippen LogP contribution in [0.1, 0.15) is 64.0 Å². The van der Waals surface area contributed by atoms with E-state index in [1.165, 1.54) is 41.8 Å². The third-order valence-corrected chi connectivity index (χ3v) is 6.59. The fraction of sp³-hybridized carbons (Fsp3) is 0.348. The summed E-state index contributed by atoms with van der Waals surface area (Å²) in [6, 6.07) is 14.2. The Morgan fingerprint density at radius 3 is 2.48 bits per heavy atom. The zero-order valence-corrected chi connectivity index (χ0v) is 15.2. The molecule has 27 heavy (non-hydrogen) atoms. The van der Waals surface area contributed by atoms with Gasteiger partial charge in [0.2, 0.25) is 0 Å². The molecular formula is C23H21N3O. The first-order valence-corrected chi connectivity index (χ1v) is 9.94. The average Bonchev–Trinajstić information content (AvgIpc) is 3.33. The molecule has 0 radical (unpaired) electrons. The number of amides is 1. The van der Waals surface area contributed by atoms with Crippen LogP contribution in [0.2, 0.25) is 0 Å². The fourth-order valence-electron chi connectivity index (χ4n) is 5.15. The van der Waals surface area contributed by atoms with Crippen molar-refractivity contribution in [2.24, 2.45) is 0 Å². The molecule has 2 atom stereocenters. The Morgan fingerprint density at radius 2 is 1.67 bits per heavy atom. The van der Waals surface area contributed by atoms with Gasteiger partial charge in [-0.05, 0) is 55.0 Å². The minimum absolute atomic E-state index is 0.0928. The van der Waals surface area contributed by atoms with Crippen molar-refractivity contribution in [1.82, 2.24) is 14.9 Å². The molecule has 1 aliphatic heterocycles. The van der Waals surface area contributed by atoms with E-state index in [2.05, 4.69) is 18.2 Å². The molecule has 1 fully saturated rings. The zero-order valence-electron chi connectivity index (χ0n) is 15.2. The normalized spacial score (nSPS) is 22.7. The standard InChI is InChI=1S/C23H21N3O/c27-23(26-10-9-14-3-1-2-4-18(14)13-26)17-7-8-19-20(12-17)25-22-16-6-5-15(11-16)21(22)24-19/h1-4,7-8,12,15-16H,5-6,9-11,13H2. The average molecular weight is 355 g/mol. The van der Waals surface area contributed by atoms with Gasteiger partial charge in [-0.25, -0.2) is 9.97 Å². The Labute approximate surface area is 158 Å². The van der Waals surface area contributed by atoms with E-state index in [1.807, 2.05) is 29.2 Å². The number of hydrogen-bond donors (Lipinski definition) is 0. The van der Waals surface area contributed by atoms with Crippen molar-refractivity contribution < 1.29 is 4.79 Å². The van der Waals surface area contributed by atoms with Gasteiger partial charge in [-0.3, -0.25) is 4.79 Å². The molecule has 1 amide bonds. The maximum atomic E-state index is 13.1. The molecule has 3 aliphatic rings. The van der Waals surface area contributed by atoms with Crippen LogP contribution in [-0.2, 0) is 13.0 Å². The lowest BCUT2D eigenvalue weighted by Crippen LogP contribution is -2.35. The molecule has 2 aromatic carbocycles. The maximum Gasteiger partial charge on any atom is 0.254 e. The van der Waals surface area contributed by atoms with Gasteiger partial charge in [-0.2, -0.15) is 0 Å². The first kappa shape index (κ1) is 15.3. The van der Waals surface area contributed by atoms with Crippen LogP contribution < -0.4 is 0 Å². The van der Waals surface area contributed by atoms with Crippen LogP contribution in [0.4, 0.5) is 0 Å². The first-order valence-electron chi connectivity index (χ1n) is 9.94. The van der Waals surface area contributed by atoms with Gasteiger partial charge in [-0.1, -0.05) is 24.3 Å². The van der Waals surface area contributed by atoms with Crippen molar-refractivity contribution >= 4 is 16.9 Å². The molecule has 0 saturated heterocycles. The lowest BCUT2D eigenvalue weighted by Gasteiger charge is -2.29. The number of aromatic nitrogens is 2. The summed E-state index contributed by atoms with van der Waals surface area (Å²) in [5.74, 6) is 1.28. The van der Waals surface area contributed by atoms with Crippen molar-refractivity contribution in [1.29, 1.82) is 0 Å². The van der Waals surface area contributed by atoms with E-state index in [4.69, 9.17) is 9.97 Å². The van der Waals surface area contributed by atoms with E-state index in [0.29, 0.717) is 18.4 Å². The minimum atomic E-state index is 0.0928. The Bertz CT molecular complexity index is 1090. The molecule has 2 bridgehead atoms. The molecule has 134 valence electrons. The van der Waals surface area contributed by atoms with Gasteiger partial charge >= 0.3 is 0 Å². The van der Waals surface area contributed by atoms with Crippen LogP contribution in [0.5, 0.6) is 0 Å². The molecule has 4 heteroatoms. The molecule has 6 rings (SSSR count). The van der Waals surface area contributed by atoms with E-state index in [1.54, 1.807) is 0 Å². The second kappa shape index (κ2) is 5.62. The second-order valence-corrected chi connectivity index (χ2v) is 8.15. The highest BCUT2D eigenvalue weighted by atomic mass is 16.2. The number of benzene rings is 2. The Hall–Kier alpha value is -2.75. The van der Waals surface area contributed by atoms with Crippen molar-refractivity contribution in [3.8, 4) is 0 Å². The zero-order chi connectivity index (χ0) is 18.0. The van der Waals surface area contributed by atoms with Crippen LogP contribution in [0.15, 0.2) is 42.5 Å². The highest BCUT2D eigenvalue weighted by molar-refractivity contribution is 5.97. The third kappa shape index (κ3) is 2.32. The number of fused-ring (bicyclic) bond motifs is 7. The Balaban J connectivity index is 1.34. The van der Waals surface area contributed by atoms with Gasteiger partial charge in [0.15, 0.2) is 0 Å². The van der Waals surface area contributed by atoms with E-state index >= 15 is 0 Å². The molecular weight excluding hydrogens is 334 g/mol. The van der Waals surface area contributed by atoms with Gasteiger partial charge in [-0.15, -0.1) is 0 Å². The predicted molar refractivity (Wildman–Crippen MR) is 104 cm³/mol. The van der Waals surface area contributed by atoms with E-state index < -0.39 is 0 Å². The molecule has 2 heterocycles. The molecule has 1 saturated carbocycles. The van der Waals surface area contributed by atoms with Gasteiger partial charge in [0, 0.05) is 30.5 Å². The second-order valence-electron chi connectivity index (χ2n) is 8.15. The summed E-state index contributed by atoms with van der Waals surface area (Å²) in [7, 11) is 0. The largest absolute Gasteiger partial charge is 0.334 e. The van der Waals surface area contributed by atoms with Crippen molar-refractivity contribution in [2.75, 3.05) is 6.54 Å². The number of hydrogen-bond acceptors (Lipinski definition) is 3. The van der Waals surface area contributed by atoms with Gasteiger partial charge in [0.25, 0.3) is 5.91 Å². The third-order valence-electron chi connectivity index (χ3n) is 6.59. The summed E-state index contributed by atoms with van der Waals surface area (Å²) in [5, 5.41) is 0. The van der Waals surface area contributed by atoms with Crippen LogP contribution in [0.3, 0.4) is 0 Å². The quantitative estimate of drug-likeness (QED) is 0.657. The first-order chi connectivity index (χ1) is 13.3. The highest BCUT2D eigenvalue weighted by Crippen LogP contribution is 2.51. The van der Waals surface area contributed by atoms with Gasteiger partial charge < -0.3 is 4.90 Å². The molecule has 3 aromatic rings. The number of carbonyl (C=O) groups excluding carboxylic acids is 1. The SMILES string of the molecule is O=C(c1ccc2nc3c(nc2c1)C1CCC3C1)N1CCc2ccccc2C1. The molecule has 0 N–H and O–H groups in total. The van der Waals surface area contributed by atoms with Crippen molar-refractivity contribution in [3.63, 3.8) is 0 Å². The highest BCUT2D eigenvalue weighted by Gasteiger charge is 2.39.